The van der Waals surface area contributed by atoms with E-state index in [1.807, 2.05) is 0 Å². The molecule has 0 N–H and O–H groups in total. The van der Waals surface area contributed by atoms with Crippen molar-refractivity contribution in [1.82, 2.24) is 0 Å². The third-order valence-electron chi connectivity index (χ3n) is 24.5. The number of rotatable bonds is 13. The number of hydrogen-bond acceptors (Lipinski definition) is 3. The first kappa shape index (κ1) is 69.9. The Hall–Kier alpha value is -14.1. The Bertz CT molecular complexity index is 6720. The minimum absolute atomic E-state index is 0.225. The van der Waals surface area contributed by atoms with Crippen LogP contribution in [-0.2, 0) is 10.8 Å². The van der Waals surface area contributed by atoms with Crippen LogP contribution in [0, 0.1) is 0 Å². The normalized spacial score (nSPS) is 12.5. The van der Waals surface area contributed by atoms with E-state index in [9.17, 15) is 0 Å². The molecule has 4 heteroatoms. The minimum atomic E-state index is -0.315. The van der Waals surface area contributed by atoms with Gasteiger partial charge in [0, 0.05) is 56.4 Å². The molecule has 2 aliphatic rings. The van der Waals surface area contributed by atoms with Crippen LogP contribution < -0.4 is 31.1 Å². The fourth-order valence-corrected chi connectivity index (χ4v) is 18.8. The molecule has 0 amide bonds. The summed E-state index contributed by atoms with van der Waals surface area (Å²) in [6, 6.07) is 152. The van der Waals surface area contributed by atoms with Crippen LogP contribution in [0.3, 0.4) is 0 Å². The van der Waals surface area contributed by atoms with Crippen molar-refractivity contribution in [3.63, 3.8) is 0 Å². The van der Waals surface area contributed by atoms with Crippen molar-refractivity contribution in [2.75, 3.05) is 14.7 Å². The summed E-state index contributed by atoms with van der Waals surface area (Å²) in [5.41, 5.74) is 33.6. The van der Waals surface area contributed by atoms with E-state index in [0.29, 0.717) is 0 Å². The number of hydrogen-bond donors (Lipinski definition) is 0. The molecule has 0 aliphatic carbocycles. The largest absolute Gasteiger partial charge is 0.310 e. The lowest BCUT2D eigenvalue weighted by Gasteiger charge is -2.46. The molecule has 0 aromatic heterocycles. The lowest BCUT2D eigenvalue weighted by atomic mass is 9.33. The van der Waals surface area contributed by atoms with Crippen LogP contribution in [0.2, 0.25) is 0 Å². The van der Waals surface area contributed by atoms with Gasteiger partial charge in [-0.25, -0.2) is 0 Å². The smallest absolute Gasteiger partial charge is 0.252 e. The average molecular weight is 1480 g/mol. The van der Waals surface area contributed by atoms with E-state index in [2.05, 4.69) is 457 Å². The summed E-state index contributed by atoms with van der Waals surface area (Å²) in [7, 11) is 0. The van der Waals surface area contributed by atoms with E-state index in [-0.39, 0.29) is 17.5 Å². The number of nitrogens with zero attached hydrogens (tertiary/aromatic N) is 3. The first-order chi connectivity index (χ1) is 56.8. The lowest BCUT2D eigenvalue weighted by molar-refractivity contribution is 0.590. The van der Waals surface area contributed by atoms with Crippen LogP contribution in [0.25, 0.3) is 132 Å². The predicted octanol–water partition coefficient (Wildman–Crippen LogP) is 29.2. The molecular weight excluding hydrogens is 1400 g/mol. The van der Waals surface area contributed by atoms with Crippen LogP contribution in [0.5, 0.6) is 0 Å². The zero-order chi connectivity index (χ0) is 77.9. The van der Waals surface area contributed by atoms with E-state index in [1.165, 1.54) is 76.2 Å². The van der Waals surface area contributed by atoms with Gasteiger partial charge in [-0.2, -0.15) is 0 Å². The maximum absolute atomic E-state index is 2.75. The second kappa shape index (κ2) is 27.9. The highest BCUT2D eigenvalue weighted by Gasteiger charge is 2.47. The molecular formula is C112H84BN3. The van der Waals surface area contributed by atoms with Gasteiger partial charge in [0.1, 0.15) is 0 Å². The van der Waals surface area contributed by atoms with Crippen molar-refractivity contribution >= 4 is 117 Å². The molecule has 0 fully saturated rings. The Morgan fingerprint density at radius 3 is 1.01 bits per heavy atom. The first-order valence-corrected chi connectivity index (χ1v) is 40.7. The van der Waals surface area contributed by atoms with E-state index in [1.54, 1.807) is 0 Å². The molecule has 19 aromatic carbocycles. The SMILES string of the molecule is CC(C)(C)c1cc(-c2ccccc2)c(N2c3ccc(-c4ccccc4)cc3B3c4ccc(-c5ccc6c7cccc8cccc(c9cccc5c96)c87)cc4N(c4c(-c5ccccc5)cc(C(C)(C)C)cc4-c4ccccc4)c4cc(N(c5ccc(-c6ccccc6)cc5)c5ccc(-c6ccccc6)cc5)cc2c43)c(-c2ccccc2)c1. The zero-order valence-corrected chi connectivity index (χ0v) is 66.0. The third kappa shape index (κ3) is 11.9. The molecule has 21 rings (SSSR count). The molecule has 0 saturated carbocycles. The summed E-state index contributed by atoms with van der Waals surface area (Å²) >= 11 is 0. The molecule has 0 atom stereocenters. The van der Waals surface area contributed by atoms with Gasteiger partial charge in [-0.15, -0.1) is 0 Å². The van der Waals surface area contributed by atoms with E-state index in [0.717, 1.165) is 135 Å². The molecule has 0 radical (unpaired) electrons. The van der Waals surface area contributed by atoms with Gasteiger partial charge in [0.2, 0.25) is 0 Å². The molecule has 0 saturated heterocycles. The van der Waals surface area contributed by atoms with Crippen molar-refractivity contribution < 1.29 is 0 Å². The van der Waals surface area contributed by atoms with Gasteiger partial charge >= 0.3 is 0 Å². The van der Waals surface area contributed by atoms with Crippen molar-refractivity contribution in [2.45, 2.75) is 52.4 Å². The highest BCUT2D eigenvalue weighted by molar-refractivity contribution is 7.00. The molecule has 0 spiro atoms. The summed E-state index contributed by atoms with van der Waals surface area (Å²) in [6.07, 6.45) is 0. The first-order valence-electron chi connectivity index (χ1n) is 40.7. The van der Waals surface area contributed by atoms with Crippen molar-refractivity contribution in [2.24, 2.45) is 0 Å². The van der Waals surface area contributed by atoms with Gasteiger partial charge in [0.05, 0.1) is 17.1 Å². The van der Waals surface area contributed by atoms with Crippen LogP contribution in [0.15, 0.2) is 400 Å². The summed E-state index contributed by atoms with van der Waals surface area (Å²) in [4.78, 5) is 7.98. The molecule has 116 heavy (non-hydrogen) atoms. The topological polar surface area (TPSA) is 9.72 Å². The van der Waals surface area contributed by atoms with Gasteiger partial charge in [0.25, 0.3) is 6.71 Å². The quantitative estimate of drug-likeness (QED) is 0.0647. The molecule has 2 heterocycles. The highest BCUT2D eigenvalue weighted by atomic mass is 15.2. The summed E-state index contributed by atoms with van der Waals surface area (Å²) in [5.74, 6) is 0. The summed E-state index contributed by atoms with van der Waals surface area (Å²) in [6.45, 7) is 13.8. The van der Waals surface area contributed by atoms with Gasteiger partial charge in [0.15, 0.2) is 0 Å². The van der Waals surface area contributed by atoms with Crippen LogP contribution in [-0.4, -0.2) is 6.71 Å². The zero-order valence-electron chi connectivity index (χ0n) is 66.0. The molecule has 19 aromatic rings. The van der Waals surface area contributed by atoms with E-state index >= 15 is 0 Å². The predicted molar refractivity (Wildman–Crippen MR) is 497 cm³/mol. The Balaban J connectivity index is 0.948. The van der Waals surface area contributed by atoms with Gasteiger partial charge in [-0.3, -0.25) is 0 Å². The average Bonchev–Trinajstić information content (AvgIpc) is 0.686. The number of benzene rings is 19. The van der Waals surface area contributed by atoms with Gasteiger partial charge in [-0.1, -0.05) is 369 Å². The molecule has 3 nitrogen and oxygen atoms in total. The third-order valence-corrected chi connectivity index (χ3v) is 24.5. The molecule has 0 bridgehead atoms. The maximum atomic E-state index is 2.75. The monoisotopic (exact) mass is 1480 g/mol. The molecule has 2 aliphatic heterocycles. The van der Waals surface area contributed by atoms with E-state index < -0.39 is 0 Å². The lowest BCUT2D eigenvalue weighted by Crippen LogP contribution is -2.61. The molecule has 0 unspecified atom stereocenters. The van der Waals surface area contributed by atoms with Gasteiger partial charge < -0.3 is 14.7 Å². The standard InChI is InChI=1S/C112H84BN3/c1-111(2,3)85-67-96(78-37-20-10-21-38-78)109(97(68-85)79-39-22-11-23-40-79)115-102-64-56-83(75-35-18-9-19-36-75)65-101(102)113-100-63-55-84(90-61-62-95-93-48-29-46-82-45-28-47-92(106(82)93)94-50-30-49-91(90)107(94)95)66-103(100)116(110-98(80-41-24-12-25-42-80)69-86(112(4,5)6)70-99(110)81-43-26-13-27-44-81)105-72-89(71-104(115)108(105)113)114(87-57-51-76(52-58-87)73-31-14-7-15-32-73)88-59-53-77(54-60-88)74-33-16-8-17-34-74/h7-72H,1-6H3. The summed E-state index contributed by atoms with van der Waals surface area (Å²) in [5, 5.41) is 10.2. The minimum Gasteiger partial charge on any atom is -0.310 e. The van der Waals surface area contributed by atoms with E-state index in [4.69, 9.17) is 0 Å². The Morgan fingerprint density at radius 1 is 0.224 bits per heavy atom. The summed E-state index contributed by atoms with van der Waals surface area (Å²) < 4.78 is 0. The van der Waals surface area contributed by atoms with Crippen LogP contribution in [0.1, 0.15) is 52.7 Å². The van der Waals surface area contributed by atoms with Crippen molar-refractivity contribution in [3.8, 4) is 89.0 Å². The Morgan fingerprint density at radius 2 is 0.578 bits per heavy atom. The Labute approximate surface area is 680 Å². The van der Waals surface area contributed by atoms with Crippen molar-refractivity contribution in [1.29, 1.82) is 0 Å². The van der Waals surface area contributed by atoms with Crippen LogP contribution in [0.4, 0.5) is 51.2 Å². The molecule has 550 valence electrons. The fourth-order valence-electron chi connectivity index (χ4n) is 18.8. The number of anilines is 9. The van der Waals surface area contributed by atoms with Crippen molar-refractivity contribution in [3.05, 3.63) is 412 Å². The van der Waals surface area contributed by atoms with Gasteiger partial charge in [-0.05, 0) is 221 Å². The highest BCUT2D eigenvalue weighted by Crippen LogP contribution is 2.57. The fraction of sp³-hybridized carbons (Fsp3) is 0.0714. The maximum Gasteiger partial charge on any atom is 0.252 e. The second-order valence-corrected chi connectivity index (χ2v) is 33.5. The Kier molecular flexibility index (Phi) is 16.8. The van der Waals surface area contributed by atoms with Crippen LogP contribution >= 0.6 is 0 Å². The number of fused-ring (bicyclic) bond motifs is 6. The second-order valence-electron chi connectivity index (χ2n) is 33.5.